The molecule has 2 aromatic rings. The first-order valence-electron chi connectivity index (χ1n) is 9.71. The van der Waals surface area contributed by atoms with Gasteiger partial charge in [-0.05, 0) is 93.5 Å². The van der Waals surface area contributed by atoms with Crippen molar-refractivity contribution in [2.45, 2.75) is 52.7 Å². The lowest BCUT2D eigenvalue weighted by atomic mass is 10.1. The number of hydrogen-bond donors (Lipinski definition) is 0. The standard InChI is InChI=1S/C22H29IN2O2/c1-15(2)27-20-9-11-24(12-10-20)14-22(26)21-13-16(3)25(17(21)4)19-7-5-18(23)6-8-19/h5-8,13,15,20H,9-12,14H2,1-4H3. The van der Waals surface area contributed by atoms with E-state index in [4.69, 9.17) is 4.74 Å². The number of benzene rings is 1. The highest BCUT2D eigenvalue weighted by Crippen LogP contribution is 2.23. The summed E-state index contributed by atoms with van der Waals surface area (Å²) in [7, 11) is 0. The lowest BCUT2D eigenvalue weighted by Gasteiger charge is -2.32. The van der Waals surface area contributed by atoms with Crippen molar-refractivity contribution < 1.29 is 9.53 Å². The monoisotopic (exact) mass is 480 g/mol. The van der Waals surface area contributed by atoms with Crippen LogP contribution in [-0.4, -0.2) is 47.1 Å². The Kier molecular flexibility index (Phi) is 6.76. The number of ketones is 1. The van der Waals surface area contributed by atoms with Crippen molar-refractivity contribution in [3.8, 4) is 5.69 Å². The number of nitrogens with zero attached hydrogens (tertiary/aromatic N) is 2. The first kappa shape index (κ1) is 20.6. The SMILES string of the molecule is Cc1cc(C(=O)CN2CCC(OC(C)C)CC2)c(C)n1-c1ccc(I)cc1. The fourth-order valence-electron chi connectivity index (χ4n) is 3.91. The summed E-state index contributed by atoms with van der Waals surface area (Å²) in [5, 5.41) is 0. The molecule has 0 atom stereocenters. The molecule has 0 spiro atoms. The van der Waals surface area contributed by atoms with Gasteiger partial charge in [0.05, 0.1) is 18.8 Å². The molecule has 0 N–H and O–H groups in total. The van der Waals surface area contributed by atoms with E-state index in [1.54, 1.807) is 0 Å². The highest BCUT2D eigenvalue weighted by Gasteiger charge is 2.24. The van der Waals surface area contributed by atoms with Crippen LogP contribution in [0.1, 0.15) is 48.4 Å². The quantitative estimate of drug-likeness (QED) is 0.442. The molecule has 4 nitrogen and oxygen atoms in total. The average Bonchev–Trinajstić information content (AvgIpc) is 2.92. The Hall–Kier alpha value is -1.18. The largest absolute Gasteiger partial charge is 0.375 e. The molecule has 1 aromatic heterocycles. The Morgan fingerprint density at radius 1 is 1.19 bits per heavy atom. The first-order chi connectivity index (χ1) is 12.8. The molecule has 0 unspecified atom stereocenters. The molecule has 0 amide bonds. The Morgan fingerprint density at radius 3 is 2.41 bits per heavy atom. The van der Waals surface area contributed by atoms with Gasteiger partial charge in [0.1, 0.15) is 0 Å². The van der Waals surface area contributed by atoms with Crippen LogP contribution in [-0.2, 0) is 4.74 Å². The summed E-state index contributed by atoms with van der Waals surface area (Å²) in [6.45, 7) is 10.6. The van der Waals surface area contributed by atoms with Crippen molar-refractivity contribution in [3.05, 3.63) is 50.9 Å². The van der Waals surface area contributed by atoms with Crippen molar-refractivity contribution in [3.63, 3.8) is 0 Å². The number of carbonyl (C=O) groups is 1. The van der Waals surface area contributed by atoms with Crippen LogP contribution in [0.25, 0.3) is 5.69 Å². The first-order valence-corrected chi connectivity index (χ1v) is 10.8. The lowest BCUT2D eigenvalue weighted by molar-refractivity contribution is -0.0258. The molecule has 1 aromatic carbocycles. The summed E-state index contributed by atoms with van der Waals surface area (Å²) >= 11 is 2.31. The molecule has 1 aliphatic rings. The normalized spacial score (nSPS) is 16.2. The molecule has 1 saturated heterocycles. The number of ether oxygens (including phenoxy) is 1. The van der Waals surface area contributed by atoms with Gasteiger partial charge in [-0.3, -0.25) is 9.69 Å². The zero-order valence-electron chi connectivity index (χ0n) is 16.7. The van der Waals surface area contributed by atoms with Gasteiger partial charge in [0.15, 0.2) is 5.78 Å². The van der Waals surface area contributed by atoms with E-state index >= 15 is 0 Å². The summed E-state index contributed by atoms with van der Waals surface area (Å²) in [6, 6.07) is 10.4. The highest BCUT2D eigenvalue weighted by atomic mass is 127. The van der Waals surface area contributed by atoms with E-state index in [-0.39, 0.29) is 11.9 Å². The Balaban J connectivity index is 1.68. The van der Waals surface area contributed by atoms with E-state index in [1.807, 2.05) is 13.0 Å². The van der Waals surface area contributed by atoms with Gasteiger partial charge in [0.2, 0.25) is 0 Å². The highest BCUT2D eigenvalue weighted by molar-refractivity contribution is 14.1. The number of hydrogen-bond acceptors (Lipinski definition) is 3. The van der Waals surface area contributed by atoms with Crippen LogP contribution in [0.4, 0.5) is 0 Å². The van der Waals surface area contributed by atoms with E-state index in [2.05, 4.69) is 77.1 Å². The van der Waals surface area contributed by atoms with Crippen molar-refractivity contribution in [1.29, 1.82) is 0 Å². The molecule has 0 radical (unpaired) electrons. The fourth-order valence-corrected chi connectivity index (χ4v) is 4.27. The molecule has 1 aliphatic heterocycles. The molecule has 27 heavy (non-hydrogen) atoms. The van der Waals surface area contributed by atoms with Crippen LogP contribution in [0.3, 0.4) is 0 Å². The summed E-state index contributed by atoms with van der Waals surface area (Å²) in [6.07, 6.45) is 2.62. The second-order valence-electron chi connectivity index (χ2n) is 7.68. The minimum absolute atomic E-state index is 0.211. The predicted molar refractivity (Wildman–Crippen MR) is 118 cm³/mol. The Labute approximate surface area is 176 Å². The van der Waals surface area contributed by atoms with Crippen LogP contribution in [0, 0.1) is 17.4 Å². The maximum Gasteiger partial charge on any atom is 0.178 e. The summed E-state index contributed by atoms with van der Waals surface area (Å²) in [5.74, 6) is 0.211. The van der Waals surface area contributed by atoms with Crippen molar-refractivity contribution in [2.24, 2.45) is 0 Å². The van der Waals surface area contributed by atoms with E-state index in [9.17, 15) is 4.79 Å². The molecule has 1 fully saturated rings. The Morgan fingerprint density at radius 2 is 1.81 bits per heavy atom. The number of Topliss-reactive ketones (excluding diaryl/α,β-unsaturated/α-hetero) is 1. The van der Waals surface area contributed by atoms with Gasteiger partial charge in [0, 0.05) is 39.3 Å². The van der Waals surface area contributed by atoms with Gasteiger partial charge < -0.3 is 9.30 Å². The summed E-state index contributed by atoms with van der Waals surface area (Å²) in [5.41, 5.74) is 4.07. The molecule has 5 heteroatoms. The fraction of sp³-hybridized carbons (Fsp3) is 0.500. The van der Waals surface area contributed by atoms with Gasteiger partial charge in [-0.15, -0.1) is 0 Å². The van der Waals surface area contributed by atoms with Crippen molar-refractivity contribution >= 4 is 28.4 Å². The van der Waals surface area contributed by atoms with Gasteiger partial charge in [-0.25, -0.2) is 0 Å². The van der Waals surface area contributed by atoms with Gasteiger partial charge >= 0.3 is 0 Å². The molecular weight excluding hydrogens is 451 g/mol. The van der Waals surface area contributed by atoms with Gasteiger partial charge in [0.25, 0.3) is 0 Å². The zero-order chi connectivity index (χ0) is 19.6. The van der Waals surface area contributed by atoms with Crippen LogP contribution in [0.15, 0.2) is 30.3 Å². The third-order valence-corrected chi connectivity index (χ3v) is 5.90. The molecule has 3 rings (SSSR count). The molecule has 146 valence electrons. The molecule has 0 bridgehead atoms. The zero-order valence-corrected chi connectivity index (χ0v) is 18.8. The minimum Gasteiger partial charge on any atom is -0.375 e. The maximum atomic E-state index is 13.0. The Bertz CT molecular complexity index is 787. The number of carbonyl (C=O) groups excluding carboxylic acids is 1. The van der Waals surface area contributed by atoms with Gasteiger partial charge in [-0.1, -0.05) is 0 Å². The van der Waals surface area contributed by atoms with E-state index in [1.165, 1.54) is 3.57 Å². The molecule has 2 heterocycles. The molecular formula is C22H29IN2O2. The van der Waals surface area contributed by atoms with Crippen LogP contribution in [0.5, 0.6) is 0 Å². The predicted octanol–water partition coefficient (Wildman–Crippen LogP) is 4.77. The molecule has 0 saturated carbocycles. The third-order valence-electron chi connectivity index (χ3n) is 5.18. The van der Waals surface area contributed by atoms with Crippen molar-refractivity contribution in [2.75, 3.05) is 19.6 Å². The maximum absolute atomic E-state index is 13.0. The average molecular weight is 480 g/mol. The lowest BCUT2D eigenvalue weighted by Crippen LogP contribution is -2.40. The minimum atomic E-state index is 0.211. The number of rotatable bonds is 6. The number of aryl methyl sites for hydroxylation is 1. The topological polar surface area (TPSA) is 34.5 Å². The smallest absolute Gasteiger partial charge is 0.178 e. The number of piperidine rings is 1. The van der Waals surface area contributed by atoms with Crippen LogP contribution < -0.4 is 0 Å². The summed E-state index contributed by atoms with van der Waals surface area (Å²) in [4.78, 5) is 15.2. The molecule has 0 aliphatic carbocycles. The van der Waals surface area contributed by atoms with Gasteiger partial charge in [-0.2, -0.15) is 0 Å². The number of likely N-dealkylation sites (tertiary alicyclic amines) is 1. The van der Waals surface area contributed by atoms with Crippen molar-refractivity contribution in [1.82, 2.24) is 9.47 Å². The number of halogens is 1. The van der Waals surface area contributed by atoms with E-state index < -0.39 is 0 Å². The third kappa shape index (κ3) is 5.00. The number of aromatic nitrogens is 1. The second-order valence-corrected chi connectivity index (χ2v) is 8.93. The second kappa shape index (κ2) is 8.88. The van der Waals surface area contributed by atoms with E-state index in [0.29, 0.717) is 12.6 Å². The summed E-state index contributed by atoms with van der Waals surface area (Å²) < 4.78 is 9.29. The van der Waals surface area contributed by atoms with Crippen LogP contribution >= 0.6 is 22.6 Å². The van der Waals surface area contributed by atoms with E-state index in [0.717, 1.165) is 48.6 Å². The van der Waals surface area contributed by atoms with Crippen LogP contribution in [0.2, 0.25) is 0 Å².